The highest BCUT2D eigenvalue weighted by Gasteiger charge is 2.23. The lowest BCUT2D eigenvalue weighted by molar-refractivity contribution is 0.0707. The van der Waals surface area contributed by atoms with E-state index >= 15 is 0 Å². The molecule has 0 amide bonds. The van der Waals surface area contributed by atoms with E-state index in [9.17, 15) is 5.11 Å². The van der Waals surface area contributed by atoms with Crippen LogP contribution >= 0.6 is 15.9 Å². The second-order valence-electron chi connectivity index (χ2n) is 6.00. The molecule has 1 aliphatic heterocycles. The number of nitrogens with zero attached hydrogens (tertiary/aromatic N) is 2. The molecule has 3 rings (SSSR count). The Hall–Kier alpha value is -1.17. The Balaban J connectivity index is 1.45. The van der Waals surface area contributed by atoms with Crippen LogP contribution in [0.5, 0.6) is 0 Å². The summed E-state index contributed by atoms with van der Waals surface area (Å²) in [5.74, 6) is 1.27. The molecule has 1 fully saturated rings. The summed E-state index contributed by atoms with van der Waals surface area (Å²) in [5.41, 5.74) is 1.42. The number of piperidine rings is 1. The van der Waals surface area contributed by atoms with Gasteiger partial charge in [0, 0.05) is 12.6 Å². The van der Waals surface area contributed by atoms with E-state index in [1.807, 2.05) is 0 Å². The van der Waals surface area contributed by atoms with Crippen molar-refractivity contribution in [2.45, 2.75) is 25.4 Å². The first-order valence-electron chi connectivity index (χ1n) is 7.77. The molecular weight excluding hydrogens is 344 g/mol. The highest BCUT2D eigenvalue weighted by atomic mass is 79.9. The monoisotopic (exact) mass is 364 g/mol. The van der Waals surface area contributed by atoms with Gasteiger partial charge in [0.2, 0.25) is 0 Å². The molecule has 4 nitrogen and oxygen atoms in total. The Labute approximate surface area is 139 Å². The van der Waals surface area contributed by atoms with Crippen LogP contribution in [-0.2, 0) is 6.42 Å². The van der Waals surface area contributed by atoms with Crippen LogP contribution in [0.2, 0.25) is 0 Å². The summed E-state index contributed by atoms with van der Waals surface area (Å²) >= 11 is 3.24. The summed E-state index contributed by atoms with van der Waals surface area (Å²) in [4.78, 5) is 2.31. The summed E-state index contributed by atoms with van der Waals surface area (Å²) in [6.45, 7) is 2.67. The van der Waals surface area contributed by atoms with Crippen molar-refractivity contribution >= 4 is 15.9 Å². The average molecular weight is 365 g/mol. The Kier molecular flexibility index (Phi) is 5.28. The number of rotatable bonds is 5. The smallest absolute Gasteiger partial charge is 0.167 e. The summed E-state index contributed by atoms with van der Waals surface area (Å²) in [5, 5.41) is 13.9. The van der Waals surface area contributed by atoms with E-state index in [-0.39, 0.29) is 0 Å². The average Bonchev–Trinajstić information content (AvgIpc) is 2.97. The second-order valence-corrected chi connectivity index (χ2v) is 6.81. The topological polar surface area (TPSA) is 49.5 Å². The van der Waals surface area contributed by atoms with Gasteiger partial charge in [0.05, 0.1) is 0 Å². The van der Waals surface area contributed by atoms with Crippen LogP contribution in [0, 0.1) is 5.92 Å². The molecule has 1 aromatic carbocycles. The Morgan fingerprint density at radius 2 is 2.00 bits per heavy atom. The minimum absolute atomic E-state index is 0.526. The zero-order valence-corrected chi connectivity index (χ0v) is 14.1. The molecule has 1 saturated heterocycles. The minimum Gasteiger partial charge on any atom is -0.384 e. The number of aliphatic hydroxyl groups excluding tert-OH is 1. The van der Waals surface area contributed by atoms with Crippen LogP contribution in [0.25, 0.3) is 0 Å². The van der Waals surface area contributed by atoms with E-state index in [1.165, 1.54) is 18.4 Å². The van der Waals surface area contributed by atoms with Gasteiger partial charge in [-0.2, -0.15) is 0 Å². The van der Waals surface area contributed by atoms with Gasteiger partial charge in [-0.15, -0.1) is 0 Å². The lowest BCUT2D eigenvalue weighted by Crippen LogP contribution is -2.37. The molecule has 0 aliphatic carbocycles. The maximum Gasteiger partial charge on any atom is 0.167 e. The molecule has 1 aliphatic rings. The van der Waals surface area contributed by atoms with Gasteiger partial charge >= 0.3 is 0 Å². The molecule has 1 unspecified atom stereocenters. The summed E-state index contributed by atoms with van der Waals surface area (Å²) in [6.07, 6.45) is 2.92. The SMILES string of the molecule is OC(CN1CCC(Cc2ccccc2)CC1)c1cc(Br)no1. The molecule has 0 radical (unpaired) electrons. The molecular formula is C17H21BrN2O2. The zero-order valence-electron chi connectivity index (χ0n) is 12.5. The first-order chi connectivity index (χ1) is 10.7. The Morgan fingerprint density at radius 1 is 1.27 bits per heavy atom. The normalized spacial score (nSPS) is 18.5. The quantitative estimate of drug-likeness (QED) is 0.882. The van der Waals surface area contributed by atoms with Crippen LogP contribution in [-0.4, -0.2) is 34.8 Å². The summed E-state index contributed by atoms with van der Waals surface area (Å²) in [6, 6.07) is 12.4. The van der Waals surface area contributed by atoms with Crippen molar-refractivity contribution in [1.29, 1.82) is 0 Å². The third-order valence-electron chi connectivity index (χ3n) is 4.33. The lowest BCUT2D eigenvalue weighted by Gasteiger charge is -2.32. The van der Waals surface area contributed by atoms with Crippen LogP contribution in [0.15, 0.2) is 45.5 Å². The standard InChI is InChI=1S/C17H21BrN2O2/c18-17-11-16(22-19-17)15(21)12-20-8-6-14(7-9-20)10-13-4-2-1-3-5-13/h1-5,11,14-15,21H,6-10,12H2. The predicted octanol–water partition coefficient (Wildman–Crippen LogP) is 3.43. The number of hydrogen-bond acceptors (Lipinski definition) is 4. The van der Waals surface area contributed by atoms with E-state index < -0.39 is 6.10 Å². The van der Waals surface area contributed by atoms with Gasteiger partial charge in [0.15, 0.2) is 5.76 Å². The Morgan fingerprint density at radius 3 is 2.64 bits per heavy atom. The molecule has 118 valence electrons. The molecule has 0 spiro atoms. The van der Waals surface area contributed by atoms with Crippen molar-refractivity contribution in [3.63, 3.8) is 0 Å². The van der Waals surface area contributed by atoms with Crippen molar-refractivity contribution in [2.24, 2.45) is 5.92 Å². The van der Waals surface area contributed by atoms with E-state index in [2.05, 4.69) is 56.3 Å². The molecule has 5 heteroatoms. The van der Waals surface area contributed by atoms with Gasteiger partial charge in [-0.05, 0) is 59.8 Å². The fourth-order valence-corrected chi connectivity index (χ4v) is 3.38. The number of aromatic nitrogens is 1. The maximum atomic E-state index is 10.2. The first-order valence-corrected chi connectivity index (χ1v) is 8.56. The fourth-order valence-electron chi connectivity index (χ4n) is 3.08. The van der Waals surface area contributed by atoms with E-state index in [0.29, 0.717) is 16.9 Å². The predicted molar refractivity (Wildman–Crippen MR) is 88.5 cm³/mol. The maximum absolute atomic E-state index is 10.2. The van der Waals surface area contributed by atoms with Gasteiger partial charge in [-0.1, -0.05) is 35.5 Å². The molecule has 2 heterocycles. The van der Waals surface area contributed by atoms with Crippen molar-refractivity contribution in [1.82, 2.24) is 10.1 Å². The van der Waals surface area contributed by atoms with Gasteiger partial charge in [0.1, 0.15) is 10.7 Å². The van der Waals surface area contributed by atoms with Gasteiger partial charge in [-0.3, -0.25) is 0 Å². The van der Waals surface area contributed by atoms with Crippen LogP contribution in [0.4, 0.5) is 0 Å². The van der Waals surface area contributed by atoms with Gasteiger partial charge in [0.25, 0.3) is 0 Å². The van der Waals surface area contributed by atoms with Crippen molar-refractivity contribution in [2.75, 3.05) is 19.6 Å². The largest absolute Gasteiger partial charge is 0.384 e. The van der Waals surface area contributed by atoms with Crippen molar-refractivity contribution in [3.8, 4) is 0 Å². The molecule has 22 heavy (non-hydrogen) atoms. The lowest BCUT2D eigenvalue weighted by atomic mass is 9.90. The van der Waals surface area contributed by atoms with Crippen LogP contribution < -0.4 is 0 Å². The highest BCUT2D eigenvalue weighted by Crippen LogP contribution is 2.24. The number of likely N-dealkylation sites (tertiary alicyclic amines) is 1. The molecule has 1 aromatic heterocycles. The number of aliphatic hydroxyl groups is 1. The Bertz CT molecular complexity index is 579. The number of halogens is 1. The van der Waals surface area contributed by atoms with Gasteiger partial charge < -0.3 is 14.5 Å². The van der Waals surface area contributed by atoms with Gasteiger partial charge in [-0.25, -0.2) is 0 Å². The van der Waals surface area contributed by atoms with E-state index in [0.717, 1.165) is 25.4 Å². The second kappa shape index (κ2) is 7.40. The van der Waals surface area contributed by atoms with Crippen molar-refractivity contribution in [3.05, 3.63) is 52.3 Å². The first kappa shape index (κ1) is 15.7. The number of β-amino-alcohol motifs (C(OH)–C–C–N with tert-alkyl or cyclic N) is 1. The third-order valence-corrected chi connectivity index (χ3v) is 4.71. The minimum atomic E-state index is -0.607. The third kappa shape index (κ3) is 4.18. The highest BCUT2D eigenvalue weighted by molar-refractivity contribution is 9.10. The fraction of sp³-hybridized carbons (Fsp3) is 0.471. The molecule has 1 N–H and O–H groups in total. The zero-order chi connectivity index (χ0) is 15.4. The molecule has 0 saturated carbocycles. The van der Waals surface area contributed by atoms with Crippen LogP contribution in [0.3, 0.4) is 0 Å². The summed E-state index contributed by atoms with van der Waals surface area (Å²) < 4.78 is 5.72. The number of hydrogen-bond donors (Lipinski definition) is 1. The molecule has 2 aromatic rings. The van der Waals surface area contributed by atoms with Crippen LogP contribution in [0.1, 0.15) is 30.3 Å². The van der Waals surface area contributed by atoms with E-state index in [1.54, 1.807) is 6.07 Å². The molecule has 1 atom stereocenters. The number of benzene rings is 1. The van der Waals surface area contributed by atoms with Crippen molar-refractivity contribution < 1.29 is 9.63 Å². The molecule has 0 bridgehead atoms. The van der Waals surface area contributed by atoms with E-state index in [4.69, 9.17) is 4.52 Å². The summed E-state index contributed by atoms with van der Waals surface area (Å²) in [7, 11) is 0.